The molecule has 0 bridgehead atoms. The molecule has 1 amide bonds. The molecule has 106 valence electrons. The molecular weight excluding hydrogens is 280 g/mol. The van der Waals surface area contributed by atoms with Crippen molar-refractivity contribution in [1.82, 2.24) is 20.1 Å². The second-order valence-corrected chi connectivity index (χ2v) is 5.38. The Bertz CT molecular complexity index is 634. The Labute approximate surface area is 119 Å². The monoisotopic (exact) mass is 294 g/mol. The first-order valence-corrected chi connectivity index (χ1v) is 6.75. The van der Waals surface area contributed by atoms with E-state index in [4.69, 9.17) is 0 Å². The fourth-order valence-corrected chi connectivity index (χ4v) is 2.36. The fraction of sp³-hybridized carbons (Fsp3) is 0.333. The number of aryl methyl sites for hydroxylation is 2. The molecule has 8 heteroatoms. The summed E-state index contributed by atoms with van der Waals surface area (Å²) >= 11 is 1.45. The van der Waals surface area contributed by atoms with Crippen molar-refractivity contribution in [3.05, 3.63) is 34.0 Å². The van der Waals surface area contributed by atoms with Gasteiger partial charge in [0.05, 0.1) is 23.3 Å². The topological polar surface area (TPSA) is 97.1 Å². The molecule has 0 fully saturated rings. The van der Waals surface area contributed by atoms with Gasteiger partial charge in [0.15, 0.2) is 6.04 Å². The number of nitrogens with one attached hydrogen (secondary N) is 1. The van der Waals surface area contributed by atoms with Gasteiger partial charge in [-0.3, -0.25) is 9.48 Å². The predicted octanol–water partition coefficient (Wildman–Crippen LogP) is 0.670. The predicted molar refractivity (Wildman–Crippen MR) is 72.3 cm³/mol. The fourth-order valence-electron chi connectivity index (χ4n) is 1.74. The van der Waals surface area contributed by atoms with Crippen LogP contribution in [0.3, 0.4) is 0 Å². The van der Waals surface area contributed by atoms with Crippen molar-refractivity contribution in [3.8, 4) is 0 Å². The molecule has 1 unspecified atom stereocenters. The maximum Gasteiger partial charge on any atom is 0.331 e. The van der Waals surface area contributed by atoms with E-state index in [1.807, 2.05) is 6.92 Å². The van der Waals surface area contributed by atoms with E-state index < -0.39 is 12.0 Å². The molecular formula is C12H14N4O3S. The van der Waals surface area contributed by atoms with Crippen LogP contribution in [0, 0.1) is 6.92 Å². The molecule has 2 heterocycles. The third-order valence-electron chi connectivity index (χ3n) is 2.62. The molecule has 0 aromatic carbocycles. The summed E-state index contributed by atoms with van der Waals surface area (Å²) in [6.07, 6.45) is 3.05. The van der Waals surface area contributed by atoms with Gasteiger partial charge in [-0.05, 0) is 6.92 Å². The smallest absolute Gasteiger partial charge is 0.331 e. The lowest BCUT2D eigenvalue weighted by molar-refractivity contribution is -0.142. The summed E-state index contributed by atoms with van der Waals surface area (Å²) in [6.45, 7) is 1.85. The van der Waals surface area contributed by atoms with Gasteiger partial charge < -0.3 is 10.4 Å². The van der Waals surface area contributed by atoms with E-state index in [0.717, 1.165) is 5.01 Å². The zero-order chi connectivity index (χ0) is 14.7. The Balaban J connectivity index is 2.05. The number of carbonyl (C=O) groups excluding carboxylic acids is 1. The van der Waals surface area contributed by atoms with Crippen molar-refractivity contribution < 1.29 is 14.7 Å². The summed E-state index contributed by atoms with van der Waals surface area (Å²) in [6, 6.07) is -1.10. The summed E-state index contributed by atoms with van der Waals surface area (Å²) in [5, 5.41) is 18.2. The molecule has 0 aliphatic carbocycles. The molecule has 2 aromatic heterocycles. The van der Waals surface area contributed by atoms with Crippen molar-refractivity contribution >= 4 is 23.2 Å². The van der Waals surface area contributed by atoms with Crippen LogP contribution in [-0.4, -0.2) is 31.7 Å². The quantitative estimate of drug-likeness (QED) is 0.844. The highest BCUT2D eigenvalue weighted by Crippen LogP contribution is 2.13. The number of carbonyl (C=O) groups is 2. The zero-order valence-corrected chi connectivity index (χ0v) is 11.8. The molecule has 0 spiro atoms. The number of rotatable bonds is 5. The van der Waals surface area contributed by atoms with Crippen LogP contribution in [0.15, 0.2) is 17.8 Å². The number of carboxylic acids is 1. The third kappa shape index (κ3) is 3.41. The SMILES string of the molecule is Cc1nc(CC(=O)NC(C(=O)O)c2cnn(C)c2)cs1. The number of nitrogens with zero attached hydrogens (tertiary/aromatic N) is 3. The number of hydrogen-bond acceptors (Lipinski definition) is 5. The lowest BCUT2D eigenvalue weighted by Crippen LogP contribution is -2.34. The minimum atomic E-state index is -1.12. The average molecular weight is 294 g/mol. The molecule has 0 radical (unpaired) electrons. The van der Waals surface area contributed by atoms with Crippen molar-refractivity contribution in [1.29, 1.82) is 0 Å². The molecule has 0 saturated heterocycles. The molecule has 0 saturated carbocycles. The largest absolute Gasteiger partial charge is 0.479 e. The Morgan fingerprint density at radius 3 is 2.80 bits per heavy atom. The first-order valence-electron chi connectivity index (χ1n) is 5.87. The molecule has 0 aliphatic rings. The van der Waals surface area contributed by atoms with Crippen LogP contribution in [0.5, 0.6) is 0 Å². The number of carboxylic acid groups (broad SMARTS) is 1. The minimum absolute atomic E-state index is 0.0639. The van der Waals surface area contributed by atoms with E-state index in [2.05, 4.69) is 15.4 Å². The van der Waals surface area contributed by atoms with Crippen molar-refractivity contribution in [2.24, 2.45) is 7.05 Å². The van der Waals surface area contributed by atoms with E-state index in [1.54, 1.807) is 18.6 Å². The molecule has 1 atom stereocenters. The second-order valence-electron chi connectivity index (χ2n) is 4.32. The maximum absolute atomic E-state index is 11.9. The van der Waals surface area contributed by atoms with Gasteiger partial charge in [-0.1, -0.05) is 0 Å². The van der Waals surface area contributed by atoms with Crippen LogP contribution in [0.4, 0.5) is 0 Å². The molecule has 0 aliphatic heterocycles. The van der Waals surface area contributed by atoms with Crippen LogP contribution < -0.4 is 5.32 Å². The lowest BCUT2D eigenvalue weighted by atomic mass is 10.1. The zero-order valence-electron chi connectivity index (χ0n) is 11.0. The van der Waals surface area contributed by atoms with Gasteiger partial charge >= 0.3 is 5.97 Å². The summed E-state index contributed by atoms with van der Waals surface area (Å²) in [5.41, 5.74) is 1.07. The normalized spacial score (nSPS) is 12.1. The van der Waals surface area contributed by atoms with Gasteiger partial charge in [0, 0.05) is 24.2 Å². The summed E-state index contributed by atoms with van der Waals surface area (Å²) < 4.78 is 1.49. The van der Waals surface area contributed by atoms with Crippen LogP contribution in [0.2, 0.25) is 0 Å². The Kier molecular flexibility index (Phi) is 4.14. The van der Waals surface area contributed by atoms with Gasteiger partial charge in [-0.15, -0.1) is 11.3 Å². The Hall–Kier alpha value is -2.22. The molecule has 20 heavy (non-hydrogen) atoms. The Morgan fingerprint density at radius 2 is 2.30 bits per heavy atom. The highest BCUT2D eigenvalue weighted by Gasteiger charge is 2.23. The van der Waals surface area contributed by atoms with E-state index >= 15 is 0 Å². The number of aliphatic carboxylic acids is 1. The van der Waals surface area contributed by atoms with E-state index in [-0.39, 0.29) is 12.3 Å². The minimum Gasteiger partial charge on any atom is -0.479 e. The summed E-state index contributed by atoms with van der Waals surface area (Å²) in [5.74, 6) is -1.51. The second kappa shape index (κ2) is 5.83. The van der Waals surface area contributed by atoms with Crippen LogP contribution in [0.25, 0.3) is 0 Å². The van der Waals surface area contributed by atoms with Crippen LogP contribution in [0.1, 0.15) is 22.3 Å². The van der Waals surface area contributed by atoms with Gasteiger partial charge in [-0.2, -0.15) is 5.10 Å². The van der Waals surface area contributed by atoms with Crippen LogP contribution in [-0.2, 0) is 23.1 Å². The Morgan fingerprint density at radius 1 is 1.55 bits per heavy atom. The number of amides is 1. The van der Waals surface area contributed by atoms with E-state index in [0.29, 0.717) is 11.3 Å². The number of hydrogen-bond donors (Lipinski definition) is 2. The van der Waals surface area contributed by atoms with Crippen molar-refractivity contribution in [2.75, 3.05) is 0 Å². The summed E-state index contributed by atoms with van der Waals surface area (Å²) in [4.78, 5) is 27.3. The highest BCUT2D eigenvalue weighted by molar-refractivity contribution is 7.09. The van der Waals surface area contributed by atoms with E-state index in [1.165, 1.54) is 22.2 Å². The molecule has 2 N–H and O–H groups in total. The number of thiazole rings is 1. The molecule has 2 aromatic rings. The summed E-state index contributed by atoms with van der Waals surface area (Å²) in [7, 11) is 1.68. The number of aromatic nitrogens is 3. The first kappa shape index (κ1) is 14.2. The van der Waals surface area contributed by atoms with Gasteiger partial charge in [0.25, 0.3) is 0 Å². The molecule has 2 rings (SSSR count). The van der Waals surface area contributed by atoms with Crippen molar-refractivity contribution in [2.45, 2.75) is 19.4 Å². The maximum atomic E-state index is 11.9. The van der Waals surface area contributed by atoms with Gasteiger partial charge in [0.2, 0.25) is 5.91 Å². The van der Waals surface area contributed by atoms with Gasteiger partial charge in [-0.25, -0.2) is 9.78 Å². The average Bonchev–Trinajstić information content (AvgIpc) is 2.95. The van der Waals surface area contributed by atoms with Crippen molar-refractivity contribution in [3.63, 3.8) is 0 Å². The van der Waals surface area contributed by atoms with E-state index in [9.17, 15) is 14.7 Å². The highest BCUT2D eigenvalue weighted by atomic mass is 32.1. The van der Waals surface area contributed by atoms with Crippen LogP contribution >= 0.6 is 11.3 Å². The first-order chi connectivity index (χ1) is 9.45. The van der Waals surface area contributed by atoms with Gasteiger partial charge in [0.1, 0.15) is 0 Å². The third-order valence-corrected chi connectivity index (χ3v) is 3.44. The standard InChI is InChI=1S/C12H14N4O3S/c1-7-14-9(6-20-7)3-10(17)15-11(12(18)19)8-4-13-16(2)5-8/h4-6,11H,3H2,1-2H3,(H,15,17)(H,18,19). The lowest BCUT2D eigenvalue weighted by Gasteiger charge is -2.12. The molecule has 7 nitrogen and oxygen atoms in total.